The van der Waals surface area contributed by atoms with E-state index in [9.17, 15) is 0 Å². The number of aliphatic imine (C=N–C) groups is 1. The molecule has 2 aromatic rings. The highest BCUT2D eigenvalue weighted by molar-refractivity contribution is 14.0. The topological polar surface area (TPSA) is 74.3 Å². The number of methoxy groups -OCH3 is 2. The third-order valence-corrected chi connectivity index (χ3v) is 5.05. The molecule has 170 valence electrons. The fourth-order valence-electron chi connectivity index (χ4n) is 3.26. The molecule has 1 aromatic carbocycles. The Labute approximate surface area is 202 Å². The minimum atomic E-state index is 0. The van der Waals surface area contributed by atoms with Gasteiger partial charge >= 0.3 is 0 Å². The molecule has 0 saturated carbocycles. The number of anilines is 2. The molecule has 0 unspecified atom stereocenters. The first-order valence-corrected chi connectivity index (χ1v) is 10.3. The van der Waals surface area contributed by atoms with Crippen LogP contribution in [0.4, 0.5) is 11.5 Å². The van der Waals surface area contributed by atoms with Crippen molar-refractivity contribution in [2.45, 2.75) is 13.5 Å². The van der Waals surface area contributed by atoms with Crippen LogP contribution >= 0.6 is 24.0 Å². The zero-order chi connectivity index (χ0) is 21.3. The fourth-order valence-corrected chi connectivity index (χ4v) is 3.26. The average Bonchev–Trinajstić information content (AvgIpc) is 2.78. The largest absolute Gasteiger partial charge is 0.493 e. The van der Waals surface area contributed by atoms with Crippen LogP contribution in [0.5, 0.6) is 11.5 Å². The maximum absolute atomic E-state index is 5.37. The van der Waals surface area contributed by atoms with Gasteiger partial charge in [-0.1, -0.05) is 6.07 Å². The lowest BCUT2D eigenvalue weighted by molar-refractivity contribution is 0.312. The Morgan fingerprint density at radius 2 is 1.81 bits per heavy atom. The van der Waals surface area contributed by atoms with E-state index in [4.69, 9.17) is 14.5 Å². The molecular formula is C22H33IN6O2. The van der Waals surface area contributed by atoms with Gasteiger partial charge in [-0.2, -0.15) is 0 Å². The monoisotopic (exact) mass is 540 g/mol. The van der Waals surface area contributed by atoms with E-state index in [1.807, 2.05) is 31.3 Å². The van der Waals surface area contributed by atoms with Gasteiger partial charge in [0.25, 0.3) is 0 Å². The number of benzene rings is 1. The van der Waals surface area contributed by atoms with Gasteiger partial charge in [-0.05, 0) is 37.7 Å². The summed E-state index contributed by atoms with van der Waals surface area (Å²) in [7, 11) is 5.41. The number of ether oxygens (including phenoxy) is 2. The average molecular weight is 540 g/mol. The van der Waals surface area contributed by atoms with Crippen molar-refractivity contribution in [2.75, 3.05) is 64.2 Å². The molecule has 9 heteroatoms. The number of rotatable bonds is 7. The molecule has 0 spiro atoms. The molecular weight excluding hydrogens is 507 g/mol. The Morgan fingerprint density at radius 3 is 2.42 bits per heavy atom. The second-order valence-electron chi connectivity index (χ2n) is 7.20. The number of pyridine rings is 1. The lowest BCUT2D eigenvalue weighted by atomic mass is 10.2. The van der Waals surface area contributed by atoms with E-state index in [0.717, 1.165) is 49.8 Å². The van der Waals surface area contributed by atoms with Crippen LogP contribution < -0.4 is 25.0 Å². The van der Waals surface area contributed by atoms with Crippen LogP contribution in [0.25, 0.3) is 0 Å². The SMILES string of the molecule is CCNC(=NCc1ccc(N2CCN(C)CC2)nc1)Nc1ccc(OC)c(OC)c1.I. The summed E-state index contributed by atoms with van der Waals surface area (Å²) in [4.78, 5) is 14.0. The Balaban J connectivity index is 0.00000341. The van der Waals surface area contributed by atoms with Crippen LogP contribution in [-0.4, -0.2) is 69.8 Å². The second-order valence-corrected chi connectivity index (χ2v) is 7.20. The quantitative estimate of drug-likeness (QED) is 0.318. The number of aromatic nitrogens is 1. The third kappa shape index (κ3) is 7.13. The molecule has 2 N–H and O–H groups in total. The Hall–Kier alpha value is -2.27. The first kappa shape index (κ1) is 25.0. The summed E-state index contributed by atoms with van der Waals surface area (Å²) in [6.07, 6.45) is 1.91. The van der Waals surface area contributed by atoms with E-state index < -0.39 is 0 Å². The van der Waals surface area contributed by atoms with Gasteiger partial charge in [0.15, 0.2) is 17.5 Å². The van der Waals surface area contributed by atoms with Crippen LogP contribution in [0.15, 0.2) is 41.5 Å². The molecule has 0 aliphatic carbocycles. The molecule has 31 heavy (non-hydrogen) atoms. The van der Waals surface area contributed by atoms with Crippen LogP contribution in [0.3, 0.4) is 0 Å². The van der Waals surface area contributed by atoms with Crippen LogP contribution in [0.2, 0.25) is 0 Å². The van der Waals surface area contributed by atoms with Gasteiger partial charge in [-0.25, -0.2) is 9.98 Å². The third-order valence-electron chi connectivity index (χ3n) is 5.05. The summed E-state index contributed by atoms with van der Waals surface area (Å²) < 4.78 is 10.7. The highest BCUT2D eigenvalue weighted by Crippen LogP contribution is 2.29. The first-order chi connectivity index (χ1) is 14.6. The van der Waals surface area contributed by atoms with Crippen molar-refractivity contribution in [3.63, 3.8) is 0 Å². The van der Waals surface area contributed by atoms with E-state index in [2.05, 4.69) is 44.6 Å². The Kier molecular flexibility index (Phi) is 10.1. The van der Waals surface area contributed by atoms with Crippen molar-refractivity contribution in [2.24, 2.45) is 4.99 Å². The number of hydrogen-bond acceptors (Lipinski definition) is 6. The van der Waals surface area contributed by atoms with E-state index in [-0.39, 0.29) is 24.0 Å². The van der Waals surface area contributed by atoms with Crippen LogP contribution in [-0.2, 0) is 6.54 Å². The van der Waals surface area contributed by atoms with Crippen molar-refractivity contribution >= 4 is 41.4 Å². The predicted octanol–water partition coefficient (Wildman–Crippen LogP) is 3.05. The van der Waals surface area contributed by atoms with Crippen LogP contribution in [0.1, 0.15) is 12.5 Å². The lowest BCUT2D eigenvalue weighted by Gasteiger charge is -2.33. The van der Waals surface area contributed by atoms with Gasteiger partial charge in [-0.3, -0.25) is 0 Å². The molecule has 1 aliphatic heterocycles. The number of piperazine rings is 1. The van der Waals surface area contributed by atoms with Crippen molar-refractivity contribution in [3.8, 4) is 11.5 Å². The van der Waals surface area contributed by atoms with E-state index >= 15 is 0 Å². The van der Waals surface area contributed by atoms with Gasteiger partial charge in [-0.15, -0.1) is 24.0 Å². The smallest absolute Gasteiger partial charge is 0.196 e. The van der Waals surface area contributed by atoms with E-state index in [1.54, 1.807) is 14.2 Å². The minimum Gasteiger partial charge on any atom is -0.493 e. The van der Waals surface area contributed by atoms with Gasteiger partial charge in [0.05, 0.1) is 20.8 Å². The highest BCUT2D eigenvalue weighted by Gasteiger charge is 2.15. The molecule has 1 saturated heterocycles. The second kappa shape index (κ2) is 12.6. The molecule has 8 nitrogen and oxygen atoms in total. The Morgan fingerprint density at radius 1 is 1.06 bits per heavy atom. The molecule has 2 heterocycles. The van der Waals surface area contributed by atoms with Crippen molar-refractivity contribution < 1.29 is 9.47 Å². The predicted molar refractivity (Wildman–Crippen MR) is 137 cm³/mol. The molecule has 0 atom stereocenters. The normalized spacial score (nSPS) is 14.6. The fraction of sp³-hybridized carbons (Fsp3) is 0.455. The molecule has 0 bridgehead atoms. The number of halogens is 1. The number of likely N-dealkylation sites (N-methyl/N-ethyl adjacent to an activating group) is 1. The molecule has 0 radical (unpaired) electrons. The number of hydrogen-bond donors (Lipinski definition) is 2. The number of nitrogens with zero attached hydrogens (tertiary/aromatic N) is 4. The number of guanidine groups is 1. The van der Waals surface area contributed by atoms with E-state index in [1.165, 1.54) is 0 Å². The van der Waals surface area contributed by atoms with Gasteiger partial charge < -0.3 is 29.9 Å². The lowest BCUT2D eigenvalue weighted by Crippen LogP contribution is -2.44. The number of nitrogens with one attached hydrogen (secondary N) is 2. The van der Waals surface area contributed by atoms with Gasteiger partial charge in [0.2, 0.25) is 0 Å². The van der Waals surface area contributed by atoms with Gasteiger partial charge in [0, 0.05) is 50.7 Å². The van der Waals surface area contributed by atoms with Crippen molar-refractivity contribution in [3.05, 3.63) is 42.1 Å². The zero-order valence-corrected chi connectivity index (χ0v) is 21.1. The highest BCUT2D eigenvalue weighted by atomic mass is 127. The van der Waals surface area contributed by atoms with E-state index in [0.29, 0.717) is 24.0 Å². The van der Waals surface area contributed by atoms with Crippen molar-refractivity contribution in [1.29, 1.82) is 0 Å². The first-order valence-electron chi connectivity index (χ1n) is 10.3. The van der Waals surface area contributed by atoms with Crippen LogP contribution in [0, 0.1) is 0 Å². The minimum absolute atomic E-state index is 0. The summed E-state index contributed by atoms with van der Waals surface area (Å²) in [5.41, 5.74) is 1.94. The summed E-state index contributed by atoms with van der Waals surface area (Å²) >= 11 is 0. The summed E-state index contributed by atoms with van der Waals surface area (Å²) in [6.45, 7) is 7.52. The molecule has 1 aliphatic rings. The molecule has 1 aromatic heterocycles. The summed E-state index contributed by atoms with van der Waals surface area (Å²) in [5.74, 6) is 3.10. The molecule has 1 fully saturated rings. The Bertz CT molecular complexity index is 838. The standard InChI is InChI=1S/C22H32N6O2.HI/c1-5-23-22(26-18-7-8-19(29-3)20(14-18)30-4)25-16-17-6-9-21(24-15-17)28-12-10-27(2)11-13-28;/h6-9,14-15H,5,10-13,16H2,1-4H3,(H2,23,25,26);1H. The molecule has 0 amide bonds. The summed E-state index contributed by atoms with van der Waals surface area (Å²) in [6, 6.07) is 9.87. The van der Waals surface area contributed by atoms with Gasteiger partial charge in [0.1, 0.15) is 5.82 Å². The maximum Gasteiger partial charge on any atom is 0.196 e. The molecule has 3 rings (SSSR count). The van der Waals surface area contributed by atoms with Crippen molar-refractivity contribution in [1.82, 2.24) is 15.2 Å². The zero-order valence-electron chi connectivity index (χ0n) is 18.7. The maximum atomic E-state index is 5.37. The summed E-state index contributed by atoms with van der Waals surface area (Å²) in [5, 5.41) is 6.58.